The van der Waals surface area contributed by atoms with E-state index in [-0.39, 0.29) is 18.1 Å². The van der Waals surface area contributed by atoms with Crippen LogP contribution in [0.3, 0.4) is 0 Å². The van der Waals surface area contributed by atoms with Gasteiger partial charge in [0.1, 0.15) is 30.5 Å². The second-order valence-corrected chi connectivity index (χ2v) is 8.96. The normalized spacial score (nSPS) is 14.7. The Bertz CT molecular complexity index is 1430. The van der Waals surface area contributed by atoms with Crippen molar-refractivity contribution in [2.45, 2.75) is 19.6 Å². The van der Waals surface area contributed by atoms with Gasteiger partial charge < -0.3 is 15.4 Å². The summed E-state index contributed by atoms with van der Waals surface area (Å²) in [4.78, 5) is 17.6. The second kappa shape index (κ2) is 10.0. The molecule has 0 bridgehead atoms. The number of fused-ring (bicyclic) bond motifs is 1. The molecule has 2 N–H and O–H groups in total. The summed E-state index contributed by atoms with van der Waals surface area (Å²) in [5.74, 6) is 0.334. The number of hydrogen-bond acceptors (Lipinski definition) is 5. The van der Waals surface area contributed by atoms with Gasteiger partial charge in [-0.1, -0.05) is 41.4 Å². The van der Waals surface area contributed by atoms with Crippen LogP contribution < -0.4 is 15.4 Å². The number of hydrogen-bond donors (Lipinski definition) is 2. The summed E-state index contributed by atoms with van der Waals surface area (Å²) < 4.78 is 21.5. The zero-order valence-corrected chi connectivity index (χ0v) is 20.5. The molecule has 1 aromatic heterocycles. The van der Waals surface area contributed by atoms with Crippen molar-refractivity contribution in [2.75, 3.05) is 10.6 Å². The average molecular weight is 524 g/mol. The zero-order valence-electron chi connectivity index (χ0n) is 19.0. The van der Waals surface area contributed by atoms with Gasteiger partial charge in [-0.15, -0.1) is 0 Å². The monoisotopic (exact) mass is 523 g/mol. The van der Waals surface area contributed by atoms with Crippen molar-refractivity contribution in [3.8, 4) is 5.75 Å². The molecule has 0 radical (unpaired) electrons. The van der Waals surface area contributed by atoms with Crippen LogP contribution in [0.15, 0.2) is 84.3 Å². The fourth-order valence-corrected chi connectivity index (χ4v) is 4.34. The van der Waals surface area contributed by atoms with Crippen molar-refractivity contribution < 1.29 is 13.9 Å². The van der Waals surface area contributed by atoms with Gasteiger partial charge in [0, 0.05) is 22.0 Å². The first-order valence-electron chi connectivity index (χ1n) is 11.0. The Morgan fingerprint density at radius 3 is 2.58 bits per heavy atom. The van der Waals surface area contributed by atoms with Crippen LogP contribution in [0.4, 0.5) is 16.0 Å². The van der Waals surface area contributed by atoms with Crippen LogP contribution in [-0.4, -0.2) is 20.7 Å². The summed E-state index contributed by atoms with van der Waals surface area (Å²) in [5.41, 5.74) is 2.83. The molecule has 0 spiro atoms. The van der Waals surface area contributed by atoms with Gasteiger partial charge >= 0.3 is 0 Å². The lowest BCUT2D eigenvalue weighted by Crippen LogP contribution is -2.31. The van der Waals surface area contributed by atoms with Crippen molar-refractivity contribution in [3.63, 3.8) is 0 Å². The topological polar surface area (TPSA) is 81.1 Å². The van der Waals surface area contributed by atoms with E-state index >= 15 is 0 Å². The minimum Gasteiger partial charge on any atom is -0.489 e. The van der Waals surface area contributed by atoms with Crippen molar-refractivity contribution in [1.29, 1.82) is 0 Å². The van der Waals surface area contributed by atoms with Crippen molar-refractivity contribution in [2.24, 2.45) is 0 Å². The molecule has 0 fully saturated rings. The third kappa shape index (κ3) is 4.78. The van der Waals surface area contributed by atoms with Crippen LogP contribution in [0, 0.1) is 5.82 Å². The molecule has 1 atom stereocenters. The molecule has 3 aromatic carbocycles. The number of rotatable bonds is 6. The van der Waals surface area contributed by atoms with E-state index < -0.39 is 11.9 Å². The molecule has 7 nitrogen and oxygen atoms in total. The predicted molar refractivity (Wildman–Crippen MR) is 137 cm³/mol. The van der Waals surface area contributed by atoms with E-state index in [1.165, 1.54) is 12.4 Å². The van der Waals surface area contributed by atoms with Crippen LogP contribution in [0.25, 0.3) is 0 Å². The number of ether oxygens (including phenoxy) is 1. The molecule has 0 saturated heterocycles. The fourth-order valence-electron chi connectivity index (χ4n) is 4.00. The van der Waals surface area contributed by atoms with Gasteiger partial charge in [0.05, 0.1) is 10.6 Å². The third-order valence-electron chi connectivity index (χ3n) is 5.78. The molecule has 1 aliphatic heterocycles. The molecule has 36 heavy (non-hydrogen) atoms. The SMILES string of the molecule is CC1=C(C(=O)Nc2ccc(Cl)cc2)[C@@H](c2ccc(OCc3c(F)cccc3Cl)cc2)n2ncnc2N1. The van der Waals surface area contributed by atoms with Gasteiger partial charge in [-0.2, -0.15) is 10.1 Å². The first-order valence-corrected chi connectivity index (χ1v) is 11.8. The van der Waals surface area contributed by atoms with Crippen molar-refractivity contribution in [3.05, 3.63) is 111 Å². The molecule has 182 valence electrons. The summed E-state index contributed by atoms with van der Waals surface area (Å²) in [6.45, 7) is 1.80. The Labute approximate surface area is 216 Å². The van der Waals surface area contributed by atoms with Crippen molar-refractivity contribution >= 4 is 40.7 Å². The second-order valence-electron chi connectivity index (χ2n) is 8.11. The first kappa shape index (κ1) is 23.8. The molecule has 10 heteroatoms. The highest BCUT2D eigenvalue weighted by Gasteiger charge is 2.33. The number of allylic oxidation sites excluding steroid dienone is 1. The predicted octanol–water partition coefficient (Wildman–Crippen LogP) is 6.23. The molecule has 0 saturated carbocycles. The molecular weight excluding hydrogens is 504 g/mol. The summed E-state index contributed by atoms with van der Waals surface area (Å²) in [6.07, 6.45) is 1.43. The summed E-state index contributed by atoms with van der Waals surface area (Å²) in [5, 5.41) is 11.3. The van der Waals surface area contributed by atoms with Gasteiger partial charge in [-0.25, -0.2) is 9.07 Å². The first-order chi connectivity index (χ1) is 17.4. The summed E-state index contributed by atoms with van der Waals surface area (Å²) in [6, 6.07) is 18.0. The number of nitrogens with one attached hydrogen (secondary N) is 2. The molecular formula is C26H20Cl2FN5O2. The molecule has 1 aliphatic rings. The minimum atomic E-state index is -0.536. The maximum Gasteiger partial charge on any atom is 0.255 e. The molecule has 0 aliphatic carbocycles. The maximum atomic E-state index is 14.1. The van der Waals surface area contributed by atoms with E-state index in [0.29, 0.717) is 38.7 Å². The van der Waals surface area contributed by atoms with Gasteiger partial charge in [-0.3, -0.25) is 4.79 Å². The van der Waals surface area contributed by atoms with Crippen LogP contribution in [0.5, 0.6) is 5.75 Å². The van der Waals surface area contributed by atoms with Gasteiger partial charge in [0.15, 0.2) is 0 Å². The highest BCUT2D eigenvalue weighted by molar-refractivity contribution is 6.31. The lowest BCUT2D eigenvalue weighted by atomic mass is 9.95. The van der Waals surface area contributed by atoms with Gasteiger partial charge in [-0.05, 0) is 61.0 Å². The number of carbonyl (C=O) groups excluding carboxylic acids is 1. The van der Waals surface area contributed by atoms with Gasteiger partial charge in [0.2, 0.25) is 5.95 Å². The largest absolute Gasteiger partial charge is 0.489 e. The lowest BCUT2D eigenvalue weighted by molar-refractivity contribution is -0.113. The van der Waals surface area contributed by atoms with Crippen molar-refractivity contribution in [1.82, 2.24) is 14.8 Å². The molecule has 1 amide bonds. The smallest absolute Gasteiger partial charge is 0.255 e. The Kier molecular flexibility index (Phi) is 6.63. The summed E-state index contributed by atoms with van der Waals surface area (Å²) >= 11 is 12.1. The van der Waals surface area contributed by atoms with Crippen LogP contribution in [0.2, 0.25) is 10.0 Å². The molecule has 5 rings (SSSR count). The van der Waals surface area contributed by atoms with Gasteiger partial charge in [0.25, 0.3) is 5.91 Å². The number of benzene rings is 3. The number of aromatic nitrogens is 3. The Hall–Kier alpha value is -3.88. The summed E-state index contributed by atoms with van der Waals surface area (Å²) in [7, 11) is 0. The number of nitrogens with zero attached hydrogens (tertiary/aromatic N) is 3. The molecule has 2 heterocycles. The van der Waals surface area contributed by atoms with E-state index in [4.69, 9.17) is 27.9 Å². The fraction of sp³-hybridized carbons (Fsp3) is 0.115. The Morgan fingerprint density at radius 1 is 1.11 bits per heavy atom. The molecule has 4 aromatic rings. The number of carbonyl (C=O) groups is 1. The highest BCUT2D eigenvalue weighted by Crippen LogP contribution is 2.36. The average Bonchev–Trinajstić information content (AvgIpc) is 3.33. The number of anilines is 2. The van der Waals surface area contributed by atoms with E-state index in [0.717, 1.165) is 5.56 Å². The number of halogens is 3. The minimum absolute atomic E-state index is 0.0147. The van der Waals surface area contributed by atoms with E-state index in [1.807, 2.05) is 19.1 Å². The van der Waals surface area contributed by atoms with Crippen LogP contribution >= 0.6 is 23.2 Å². The number of amides is 1. The quantitative estimate of drug-likeness (QED) is 0.313. The van der Waals surface area contributed by atoms with E-state index in [2.05, 4.69) is 20.7 Å². The Morgan fingerprint density at radius 2 is 1.86 bits per heavy atom. The highest BCUT2D eigenvalue weighted by atomic mass is 35.5. The molecule has 0 unspecified atom stereocenters. The third-order valence-corrected chi connectivity index (χ3v) is 6.39. The van der Waals surface area contributed by atoms with Crippen LogP contribution in [0.1, 0.15) is 24.1 Å². The van der Waals surface area contributed by atoms with E-state index in [9.17, 15) is 9.18 Å². The van der Waals surface area contributed by atoms with E-state index in [1.54, 1.807) is 53.2 Å². The Balaban J connectivity index is 1.41. The maximum absolute atomic E-state index is 14.1. The zero-order chi connectivity index (χ0) is 25.2. The van der Waals surface area contributed by atoms with Crippen LogP contribution in [-0.2, 0) is 11.4 Å². The lowest BCUT2D eigenvalue weighted by Gasteiger charge is -2.28. The standard InChI is InChI=1S/C26H20Cl2FN5O2/c1-15-23(25(35)33-18-9-7-17(27)8-10-18)24(34-26(32-15)30-14-31-34)16-5-11-19(12-6-16)36-13-20-21(28)3-2-4-22(20)29/h2-12,14,24H,13H2,1H3,(H,33,35)(H,30,31,32)/t24-/m1/s1.